The van der Waals surface area contributed by atoms with Crippen molar-refractivity contribution in [2.75, 3.05) is 20.1 Å². The molecule has 1 aromatic carbocycles. The summed E-state index contributed by atoms with van der Waals surface area (Å²) in [5, 5.41) is 0. The van der Waals surface area contributed by atoms with Crippen LogP contribution in [0, 0.1) is 0 Å². The maximum absolute atomic E-state index is 12.3. The van der Waals surface area contributed by atoms with Gasteiger partial charge in [0.05, 0.1) is 17.6 Å². The van der Waals surface area contributed by atoms with Crippen molar-refractivity contribution in [1.29, 1.82) is 0 Å². The minimum atomic E-state index is 0.0436. The van der Waals surface area contributed by atoms with Crippen molar-refractivity contribution in [3.05, 3.63) is 30.1 Å². The van der Waals surface area contributed by atoms with Gasteiger partial charge in [-0.3, -0.25) is 0 Å². The summed E-state index contributed by atoms with van der Waals surface area (Å²) in [6.07, 6.45) is 0. The summed E-state index contributed by atoms with van der Waals surface area (Å²) in [6.45, 7) is 5.94. The Balaban J connectivity index is 2.19. The first-order valence-corrected chi connectivity index (χ1v) is 6.98. The van der Waals surface area contributed by atoms with Gasteiger partial charge in [0.1, 0.15) is 5.82 Å². The average Bonchev–Trinajstić information content (AvgIpc) is 2.77. The zero-order chi connectivity index (χ0) is 14.7. The number of para-hydroxylation sites is 2. The minimum absolute atomic E-state index is 0.0436. The number of benzene rings is 1. The van der Waals surface area contributed by atoms with Gasteiger partial charge in [-0.2, -0.15) is 0 Å². The first kappa shape index (κ1) is 14.4. The lowest BCUT2D eigenvalue weighted by atomic mass is 10.3. The molecule has 2 aromatic rings. The van der Waals surface area contributed by atoms with E-state index in [0.29, 0.717) is 6.54 Å². The quantitative estimate of drug-likeness (QED) is 0.859. The van der Waals surface area contributed by atoms with Crippen LogP contribution in [0.4, 0.5) is 4.79 Å². The molecule has 0 radical (unpaired) electrons. The fourth-order valence-electron chi connectivity index (χ4n) is 2.35. The summed E-state index contributed by atoms with van der Waals surface area (Å²) < 4.78 is 2.04. The van der Waals surface area contributed by atoms with Crippen molar-refractivity contribution >= 4 is 17.1 Å². The molecule has 108 valence electrons. The number of imidazole rings is 1. The summed E-state index contributed by atoms with van der Waals surface area (Å²) >= 11 is 0. The van der Waals surface area contributed by atoms with Crippen molar-refractivity contribution in [3.63, 3.8) is 0 Å². The second-order valence-corrected chi connectivity index (χ2v) is 4.89. The van der Waals surface area contributed by atoms with E-state index < -0.39 is 0 Å². The molecular formula is C15H22N4O. The van der Waals surface area contributed by atoms with Crippen LogP contribution in [0.2, 0.25) is 0 Å². The predicted molar refractivity (Wildman–Crippen MR) is 80.5 cm³/mol. The van der Waals surface area contributed by atoms with Gasteiger partial charge in [0, 0.05) is 27.2 Å². The van der Waals surface area contributed by atoms with Crippen molar-refractivity contribution < 1.29 is 4.79 Å². The molecule has 0 fully saturated rings. The molecule has 2 rings (SSSR count). The number of carbonyl (C=O) groups excluding carboxylic acids is 1. The van der Waals surface area contributed by atoms with E-state index in [4.69, 9.17) is 0 Å². The molecule has 0 atom stereocenters. The Morgan fingerprint density at radius 2 is 1.90 bits per heavy atom. The van der Waals surface area contributed by atoms with E-state index in [1.54, 1.807) is 4.90 Å². The number of amides is 2. The molecule has 0 saturated heterocycles. The second-order valence-electron chi connectivity index (χ2n) is 4.89. The Kier molecular flexibility index (Phi) is 4.27. The van der Waals surface area contributed by atoms with Gasteiger partial charge in [-0.25, -0.2) is 9.78 Å². The van der Waals surface area contributed by atoms with E-state index in [1.807, 2.05) is 61.7 Å². The van der Waals surface area contributed by atoms with Crippen molar-refractivity contribution in [2.24, 2.45) is 7.05 Å². The molecule has 5 heteroatoms. The lowest BCUT2D eigenvalue weighted by molar-refractivity contribution is 0.164. The van der Waals surface area contributed by atoms with E-state index in [2.05, 4.69) is 4.98 Å². The third-order valence-electron chi connectivity index (χ3n) is 3.62. The van der Waals surface area contributed by atoms with E-state index in [1.165, 1.54) is 0 Å². The summed E-state index contributed by atoms with van der Waals surface area (Å²) in [5.41, 5.74) is 2.06. The Morgan fingerprint density at radius 3 is 2.50 bits per heavy atom. The van der Waals surface area contributed by atoms with Crippen molar-refractivity contribution in [1.82, 2.24) is 19.4 Å². The summed E-state index contributed by atoms with van der Waals surface area (Å²) in [5.74, 6) is 0.897. The summed E-state index contributed by atoms with van der Waals surface area (Å²) in [7, 11) is 3.81. The van der Waals surface area contributed by atoms with Gasteiger partial charge < -0.3 is 14.4 Å². The van der Waals surface area contributed by atoms with Crippen LogP contribution in [0.3, 0.4) is 0 Å². The molecule has 0 unspecified atom stereocenters. The number of hydrogen-bond acceptors (Lipinski definition) is 2. The van der Waals surface area contributed by atoms with Crippen LogP contribution < -0.4 is 0 Å². The number of fused-ring (bicyclic) bond motifs is 1. The van der Waals surface area contributed by atoms with Gasteiger partial charge in [-0.15, -0.1) is 0 Å². The highest BCUT2D eigenvalue weighted by Crippen LogP contribution is 2.15. The van der Waals surface area contributed by atoms with Gasteiger partial charge in [-0.1, -0.05) is 12.1 Å². The second kappa shape index (κ2) is 5.94. The molecule has 0 aliphatic rings. The van der Waals surface area contributed by atoms with E-state index in [0.717, 1.165) is 29.9 Å². The Hall–Kier alpha value is -2.04. The first-order chi connectivity index (χ1) is 9.58. The minimum Gasteiger partial charge on any atom is -0.330 e. The largest absolute Gasteiger partial charge is 0.330 e. The lowest BCUT2D eigenvalue weighted by Gasteiger charge is -2.25. The van der Waals surface area contributed by atoms with Gasteiger partial charge >= 0.3 is 6.03 Å². The molecule has 1 heterocycles. The van der Waals surface area contributed by atoms with Crippen LogP contribution >= 0.6 is 0 Å². The number of aromatic nitrogens is 2. The van der Waals surface area contributed by atoms with Crippen molar-refractivity contribution in [2.45, 2.75) is 20.4 Å². The molecule has 0 aliphatic carbocycles. The number of carbonyl (C=O) groups is 1. The topological polar surface area (TPSA) is 41.4 Å². The van der Waals surface area contributed by atoms with E-state index in [-0.39, 0.29) is 6.03 Å². The molecule has 0 spiro atoms. The molecule has 20 heavy (non-hydrogen) atoms. The zero-order valence-corrected chi connectivity index (χ0v) is 12.6. The fourth-order valence-corrected chi connectivity index (χ4v) is 2.35. The standard InChI is InChI=1S/C15H22N4O/c1-5-19(6-2)15(20)17(3)11-14-16-12-9-7-8-10-13(12)18(14)4/h7-10H,5-6,11H2,1-4H3. The number of urea groups is 1. The SMILES string of the molecule is CCN(CC)C(=O)N(C)Cc1nc2ccccc2n1C. The maximum atomic E-state index is 12.3. The first-order valence-electron chi connectivity index (χ1n) is 6.98. The Bertz CT molecular complexity index is 601. The monoisotopic (exact) mass is 274 g/mol. The van der Waals surface area contributed by atoms with Crippen LogP contribution in [-0.4, -0.2) is 45.5 Å². The molecule has 0 aliphatic heterocycles. The van der Waals surface area contributed by atoms with Gasteiger partial charge in [0.2, 0.25) is 0 Å². The molecule has 1 aromatic heterocycles. The Morgan fingerprint density at radius 1 is 1.25 bits per heavy atom. The average molecular weight is 274 g/mol. The van der Waals surface area contributed by atoms with Crippen LogP contribution in [0.25, 0.3) is 11.0 Å². The normalized spacial score (nSPS) is 10.8. The molecule has 0 N–H and O–H groups in total. The van der Waals surface area contributed by atoms with E-state index >= 15 is 0 Å². The molecule has 2 amide bonds. The van der Waals surface area contributed by atoms with Gasteiger partial charge in [0.25, 0.3) is 0 Å². The number of aryl methyl sites for hydroxylation is 1. The fraction of sp³-hybridized carbons (Fsp3) is 0.467. The molecule has 5 nitrogen and oxygen atoms in total. The highest BCUT2D eigenvalue weighted by atomic mass is 16.2. The maximum Gasteiger partial charge on any atom is 0.320 e. The van der Waals surface area contributed by atoms with Crippen LogP contribution in [0.15, 0.2) is 24.3 Å². The molecule has 0 saturated carbocycles. The van der Waals surface area contributed by atoms with Gasteiger partial charge in [0.15, 0.2) is 0 Å². The lowest BCUT2D eigenvalue weighted by Crippen LogP contribution is -2.40. The van der Waals surface area contributed by atoms with Gasteiger partial charge in [-0.05, 0) is 26.0 Å². The van der Waals surface area contributed by atoms with Crippen molar-refractivity contribution in [3.8, 4) is 0 Å². The zero-order valence-electron chi connectivity index (χ0n) is 12.6. The molecule has 0 bridgehead atoms. The number of nitrogens with zero attached hydrogens (tertiary/aromatic N) is 4. The van der Waals surface area contributed by atoms with Crippen LogP contribution in [0.1, 0.15) is 19.7 Å². The predicted octanol–water partition coefficient (Wildman–Crippen LogP) is 2.47. The summed E-state index contributed by atoms with van der Waals surface area (Å²) in [4.78, 5) is 20.4. The third kappa shape index (κ3) is 2.61. The third-order valence-corrected chi connectivity index (χ3v) is 3.62. The number of rotatable bonds is 4. The van der Waals surface area contributed by atoms with E-state index in [9.17, 15) is 4.79 Å². The smallest absolute Gasteiger partial charge is 0.320 e. The highest BCUT2D eigenvalue weighted by molar-refractivity contribution is 5.76. The molecular weight excluding hydrogens is 252 g/mol. The van der Waals surface area contributed by atoms with Crippen LogP contribution in [-0.2, 0) is 13.6 Å². The Labute approximate surface area is 119 Å². The highest BCUT2D eigenvalue weighted by Gasteiger charge is 2.17. The summed E-state index contributed by atoms with van der Waals surface area (Å²) in [6, 6.07) is 8.05. The van der Waals surface area contributed by atoms with Crippen LogP contribution in [0.5, 0.6) is 0 Å². The number of hydrogen-bond donors (Lipinski definition) is 0.